The van der Waals surface area contributed by atoms with Gasteiger partial charge in [0.1, 0.15) is 0 Å². The molecule has 2 N–H and O–H groups in total. The number of rotatable bonds is 3. The van der Waals surface area contributed by atoms with E-state index >= 15 is 0 Å². The largest absolute Gasteiger partial charge is 0.324 e. The average molecular weight is 329 g/mol. The van der Waals surface area contributed by atoms with Gasteiger partial charge in [0, 0.05) is 41.2 Å². The van der Waals surface area contributed by atoms with Crippen molar-refractivity contribution in [1.82, 2.24) is 15.0 Å². The van der Waals surface area contributed by atoms with Gasteiger partial charge in [0.25, 0.3) is 0 Å². The van der Waals surface area contributed by atoms with Crippen LogP contribution in [-0.4, -0.2) is 15.0 Å². The average Bonchev–Trinajstić information content (AvgIpc) is 2.49. The first-order valence-electron chi connectivity index (χ1n) is 6.29. The first kappa shape index (κ1) is 13.1. The lowest BCUT2D eigenvalue weighted by Gasteiger charge is -2.12. The fraction of sp³-hybridized carbons (Fsp3) is 0.133. The highest BCUT2D eigenvalue weighted by molar-refractivity contribution is 9.10. The number of fused-ring (bicyclic) bond motifs is 1. The van der Waals surface area contributed by atoms with Crippen molar-refractivity contribution in [2.45, 2.75) is 12.5 Å². The highest BCUT2D eigenvalue weighted by Crippen LogP contribution is 2.19. The van der Waals surface area contributed by atoms with Crippen LogP contribution in [0.2, 0.25) is 0 Å². The second kappa shape index (κ2) is 5.64. The van der Waals surface area contributed by atoms with E-state index in [9.17, 15) is 0 Å². The minimum atomic E-state index is -0.102. The van der Waals surface area contributed by atoms with Crippen LogP contribution in [0.3, 0.4) is 0 Å². The molecular weight excluding hydrogens is 316 g/mol. The fourth-order valence-electron chi connectivity index (χ4n) is 2.08. The van der Waals surface area contributed by atoms with Crippen LogP contribution in [0.25, 0.3) is 11.0 Å². The van der Waals surface area contributed by atoms with Crippen molar-refractivity contribution in [3.05, 3.63) is 64.7 Å². The molecule has 5 heteroatoms. The highest BCUT2D eigenvalue weighted by atomic mass is 79.9. The molecule has 1 unspecified atom stereocenters. The number of benzene rings is 1. The van der Waals surface area contributed by atoms with Crippen LogP contribution < -0.4 is 5.73 Å². The topological polar surface area (TPSA) is 64.7 Å². The summed E-state index contributed by atoms with van der Waals surface area (Å²) >= 11 is 3.37. The van der Waals surface area contributed by atoms with Crippen LogP contribution in [0.15, 0.2) is 53.4 Å². The Morgan fingerprint density at radius 3 is 2.55 bits per heavy atom. The van der Waals surface area contributed by atoms with Crippen molar-refractivity contribution in [3.8, 4) is 0 Å². The van der Waals surface area contributed by atoms with E-state index in [2.05, 4.69) is 30.9 Å². The van der Waals surface area contributed by atoms with Gasteiger partial charge in [-0.25, -0.2) is 0 Å². The number of nitrogens with two attached hydrogens (primary N) is 1. The molecule has 4 nitrogen and oxygen atoms in total. The van der Waals surface area contributed by atoms with Gasteiger partial charge in [-0.05, 0) is 45.8 Å². The summed E-state index contributed by atoms with van der Waals surface area (Å²) in [7, 11) is 0. The summed E-state index contributed by atoms with van der Waals surface area (Å²) in [5.41, 5.74) is 10.0. The van der Waals surface area contributed by atoms with Crippen molar-refractivity contribution >= 4 is 27.0 Å². The maximum Gasteiger partial charge on any atom is 0.0890 e. The van der Waals surface area contributed by atoms with Gasteiger partial charge in [0.05, 0.1) is 11.0 Å². The Kier molecular flexibility index (Phi) is 3.71. The Labute approximate surface area is 125 Å². The van der Waals surface area contributed by atoms with E-state index in [0.717, 1.165) is 26.8 Å². The summed E-state index contributed by atoms with van der Waals surface area (Å²) in [6, 6.07) is 9.79. The molecule has 0 aliphatic rings. The smallest absolute Gasteiger partial charge is 0.0890 e. The number of aromatic nitrogens is 3. The highest BCUT2D eigenvalue weighted by Gasteiger charge is 2.09. The lowest BCUT2D eigenvalue weighted by atomic mass is 10.0. The van der Waals surface area contributed by atoms with Crippen LogP contribution in [0.4, 0.5) is 0 Å². The van der Waals surface area contributed by atoms with Crippen molar-refractivity contribution < 1.29 is 0 Å². The van der Waals surface area contributed by atoms with Gasteiger partial charge in [-0.1, -0.05) is 6.07 Å². The summed E-state index contributed by atoms with van der Waals surface area (Å²) in [6.45, 7) is 0. The Morgan fingerprint density at radius 2 is 1.80 bits per heavy atom. The van der Waals surface area contributed by atoms with E-state index in [1.54, 1.807) is 18.6 Å². The SMILES string of the molecule is NC(Cc1ccc(Br)cn1)c1ccc2nccnc2c1. The summed E-state index contributed by atoms with van der Waals surface area (Å²) in [4.78, 5) is 12.9. The van der Waals surface area contributed by atoms with Gasteiger partial charge >= 0.3 is 0 Å². The molecule has 1 aromatic carbocycles. The number of hydrogen-bond donors (Lipinski definition) is 1. The third-order valence-electron chi connectivity index (χ3n) is 3.14. The molecular formula is C15H13BrN4. The predicted octanol–water partition coefficient (Wildman–Crippen LogP) is 3.03. The zero-order chi connectivity index (χ0) is 13.9. The van der Waals surface area contributed by atoms with E-state index in [1.165, 1.54) is 0 Å². The molecule has 0 saturated carbocycles. The molecule has 100 valence electrons. The van der Waals surface area contributed by atoms with Crippen molar-refractivity contribution in [3.63, 3.8) is 0 Å². The molecule has 3 aromatic rings. The number of pyridine rings is 1. The third-order valence-corrected chi connectivity index (χ3v) is 3.61. The Balaban J connectivity index is 1.84. The first-order chi connectivity index (χ1) is 9.72. The molecule has 0 radical (unpaired) electrons. The van der Waals surface area contributed by atoms with Gasteiger partial charge in [0.2, 0.25) is 0 Å². The molecule has 3 rings (SSSR count). The maximum absolute atomic E-state index is 6.26. The van der Waals surface area contributed by atoms with E-state index in [4.69, 9.17) is 5.73 Å². The van der Waals surface area contributed by atoms with Crippen molar-refractivity contribution in [2.75, 3.05) is 0 Å². The molecule has 1 atom stereocenters. The molecule has 0 fully saturated rings. The van der Waals surface area contributed by atoms with E-state index < -0.39 is 0 Å². The van der Waals surface area contributed by atoms with Gasteiger partial charge < -0.3 is 5.73 Å². The molecule has 0 aliphatic heterocycles. The standard InChI is InChI=1S/C15H13BrN4/c16-11-2-3-12(20-9-11)8-13(17)10-1-4-14-15(7-10)19-6-5-18-14/h1-7,9,13H,8,17H2. The third kappa shape index (κ3) is 2.84. The summed E-state index contributed by atoms with van der Waals surface area (Å²) in [5, 5.41) is 0. The normalized spacial score (nSPS) is 12.5. The summed E-state index contributed by atoms with van der Waals surface area (Å²) in [6.07, 6.45) is 5.86. The van der Waals surface area contributed by atoms with Gasteiger partial charge in [-0.15, -0.1) is 0 Å². The van der Waals surface area contributed by atoms with Crippen LogP contribution >= 0.6 is 15.9 Å². The van der Waals surface area contributed by atoms with Crippen LogP contribution in [0.5, 0.6) is 0 Å². The molecule has 0 bridgehead atoms. The van der Waals surface area contributed by atoms with E-state index in [-0.39, 0.29) is 6.04 Å². The molecule has 0 amide bonds. The van der Waals surface area contributed by atoms with Crippen molar-refractivity contribution in [2.24, 2.45) is 5.73 Å². The van der Waals surface area contributed by atoms with Crippen LogP contribution in [0, 0.1) is 0 Å². The zero-order valence-electron chi connectivity index (χ0n) is 10.7. The maximum atomic E-state index is 6.26. The molecule has 20 heavy (non-hydrogen) atoms. The number of hydrogen-bond acceptors (Lipinski definition) is 4. The lowest BCUT2D eigenvalue weighted by Crippen LogP contribution is -2.14. The Hall–Kier alpha value is -1.85. The van der Waals surface area contributed by atoms with Crippen LogP contribution in [0.1, 0.15) is 17.3 Å². The molecule has 2 heterocycles. The second-order valence-electron chi connectivity index (χ2n) is 4.58. The van der Waals surface area contributed by atoms with Gasteiger partial charge in [-0.3, -0.25) is 15.0 Å². The second-order valence-corrected chi connectivity index (χ2v) is 5.50. The minimum absolute atomic E-state index is 0.102. The predicted molar refractivity (Wildman–Crippen MR) is 82.1 cm³/mol. The molecule has 0 saturated heterocycles. The number of nitrogens with zero attached hydrogens (tertiary/aromatic N) is 3. The Bertz CT molecular complexity index is 727. The Morgan fingerprint density at radius 1 is 1.00 bits per heavy atom. The van der Waals surface area contributed by atoms with Gasteiger partial charge in [-0.2, -0.15) is 0 Å². The molecule has 0 spiro atoms. The van der Waals surface area contributed by atoms with E-state index in [0.29, 0.717) is 6.42 Å². The first-order valence-corrected chi connectivity index (χ1v) is 7.08. The number of halogens is 1. The molecule has 2 aromatic heterocycles. The zero-order valence-corrected chi connectivity index (χ0v) is 12.3. The fourth-order valence-corrected chi connectivity index (χ4v) is 2.32. The lowest BCUT2D eigenvalue weighted by molar-refractivity contribution is 0.707. The quantitative estimate of drug-likeness (QED) is 0.802. The minimum Gasteiger partial charge on any atom is -0.324 e. The summed E-state index contributed by atoms with van der Waals surface area (Å²) < 4.78 is 0.968. The van der Waals surface area contributed by atoms with Crippen LogP contribution in [-0.2, 0) is 6.42 Å². The molecule has 0 aliphatic carbocycles. The van der Waals surface area contributed by atoms with E-state index in [1.807, 2.05) is 30.3 Å². The summed E-state index contributed by atoms with van der Waals surface area (Å²) in [5.74, 6) is 0. The van der Waals surface area contributed by atoms with Gasteiger partial charge in [0.15, 0.2) is 0 Å². The van der Waals surface area contributed by atoms with Crippen molar-refractivity contribution in [1.29, 1.82) is 0 Å². The monoisotopic (exact) mass is 328 g/mol.